The average Bonchev–Trinajstić information content (AvgIpc) is 2.86. The second kappa shape index (κ2) is 8.55. The van der Waals surface area contributed by atoms with Crippen LogP contribution in [0.25, 0.3) is 11.1 Å². The maximum Gasteiger partial charge on any atom is 0.227 e. The highest BCUT2D eigenvalue weighted by molar-refractivity contribution is 5.82. The molecule has 2 amide bonds. The molecule has 0 saturated carbocycles. The van der Waals surface area contributed by atoms with E-state index in [2.05, 4.69) is 18.8 Å². The van der Waals surface area contributed by atoms with Crippen molar-refractivity contribution >= 4 is 22.9 Å². The molecule has 6 nitrogen and oxygen atoms in total. The number of aromatic nitrogens is 1. The summed E-state index contributed by atoms with van der Waals surface area (Å²) in [6, 6.07) is 5.71. The summed E-state index contributed by atoms with van der Waals surface area (Å²) >= 11 is 0. The first-order valence-corrected chi connectivity index (χ1v) is 9.94. The molecule has 1 saturated heterocycles. The molecule has 1 aliphatic rings. The summed E-state index contributed by atoms with van der Waals surface area (Å²) in [7, 11) is 0. The van der Waals surface area contributed by atoms with Gasteiger partial charge < -0.3 is 14.2 Å². The van der Waals surface area contributed by atoms with E-state index in [-0.39, 0.29) is 17.7 Å². The Balaban J connectivity index is 1.60. The molecule has 146 valence electrons. The topological polar surface area (TPSA) is 66.7 Å². The fourth-order valence-corrected chi connectivity index (χ4v) is 3.77. The smallest absolute Gasteiger partial charge is 0.227 e. The third-order valence-corrected chi connectivity index (χ3v) is 5.41. The van der Waals surface area contributed by atoms with Gasteiger partial charge in [0.2, 0.25) is 11.8 Å². The maximum absolute atomic E-state index is 12.8. The van der Waals surface area contributed by atoms with E-state index < -0.39 is 0 Å². The Kier molecular flexibility index (Phi) is 6.14. The van der Waals surface area contributed by atoms with Crippen molar-refractivity contribution in [2.75, 3.05) is 26.2 Å². The van der Waals surface area contributed by atoms with Crippen molar-refractivity contribution in [3.8, 4) is 0 Å². The van der Waals surface area contributed by atoms with E-state index in [0.29, 0.717) is 31.9 Å². The quantitative estimate of drug-likeness (QED) is 0.810. The van der Waals surface area contributed by atoms with Gasteiger partial charge in [0, 0.05) is 39.0 Å². The number of hydrogen-bond acceptors (Lipinski definition) is 4. The molecule has 0 spiro atoms. The molecule has 2 heterocycles. The molecule has 3 rings (SSSR count). The Morgan fingerprint density at radius 1 is 1.11 bits per heavy atom. The molecule has 0 unspecified atom stereocenters. The van der Waals surface area contributed by atoms with E-state index >= 15 is 0 Å². The molecule has 6 heteroatoms. The van der Waals surface area contributed by atoms with Gasteiger partial charge >= 0.3 is 0 Å². The molecule has 1 aromatic heterocycles. The van der Waals surface area contributed by atoms with Gasteiger partial charge in [0.1, 0.15) is 5.52 Å². The zero-order valence-electron chi connectivity index (χ0n) is 16.5. The molecular formula is C21H29N3O3. The van der Waals surface area contributed by atoms with Crippen LogP contribution in [0, 0.1) is 12.8 Å². The van der Waals surface area contributed by atoms with Crippen molar-refractivity contribution in [3.05, 3.63) is 29.7 Å². The van der Waals surface area contributed by atoms with Crippen LogP contribution in [0.1, 0.15) is 44.6 Å². The first kappa shape index (κ1) is 19.4. The predicted octanol–water partition coefficient (Wildman–Crippen LogP) is 3.18. The highest BCUT2D eigenvalue weighted by Gasteiger charge is 2.25. The minimum atomic E-state index is 0.102. The summed E-state index contributed by atoms with van der Waals surface area (Å²) in [5, 5.41) is 0. The summed E-state index contributed by atoms with van der Waals surface area (Å²) in [6.45, 7) is 8.62. The number of fused-ring (bicyclic) bond motifs is 1. The van der Waals surface area contributed by atoms with E-state index in [1.54, 1.807) is 0 Å². The fourth-order valence-electron chi connectivity index (χ4n) is 3.77. The zero-order valence-corrected chi connectivity index (χ0v) is 16.5. The first-order chi connectivity index (χ1) is 13.0. The minimum Gasteiger partial charge on any atom is -0.441 e. The van der Waals surface area contributed by atoms with Crippen molar-refractivity contribution in [2.45, 2.75) is 46.5 Å². The van der Waals surface area contributed by atoms with Crippen molar-refractivity contribution in [2.24, 2.45) is 5.92 Å². The number of oxazole rings is 1. The van der Waals surface area contributed by atoms with Gasteiger partial charge in [0.15, 0.2) is 11.5 Å². The van der Waals surface area contributed by atoms with Crippen LogP contribution < -0.4 is 0 Å². The van der Waals surface area contributed by atoms with Gasteiger partial charge in [0.05, 0.1) is 6.42 Å². The standard InChI is InChI=1S/C21H29N3O3/c1-4-17(5-2)21(26)24-10-6-9-23(11-12-24)20(25)14-16-7-8-19-18(13-16)22-15(3)27-19/h7-8,13,17H,4-6,9-12,14H2,1-3H3. The number of carbonyl (C=O) groups excluding carboxylic acids is 2. The molecule has 0 aliphatic carbocycles. The third-order valence-electron chi connectivity index (χ3n) is 5.41. The summed E-state index contributed by atoms with van der Waals surface area (Å²) in [5.41, 5.74) is 2.47. The minimum absolute atomic E-state index is 0.102. The number of benzene rings is 1. The predicted molar refractivity (Wildman–Crippen MR) is 104 cm³/mol. The Morgan fingerprint density at radius 3 is 2.56 bits per heavy atom. The average molecular weight is 371 g/mol. The lowest BCUT2D eigenvalue weighted by Crippen LogP contribution is -2.40. The molecule has 1 fully saturated rings. The van der Waals surface area contributed by atoms with Crippen LogP contribution in [-0.4, -0.2) is 52.8 Å². The lowest BCUT2D eigenvalue weighted by Gasteiger charge is -2.25. The van der Waals surface area contributed by atoms with Crippen LogP contribution in [0.4, 0.5) is 0 Å². The molecule has 1 aromatic carbocycles. The Labute approximate surface area is 160 Å². The van der Waals surface area contributed by atoms with Crippen molar-refractivity contribution in [3.63, 3.8) is 0 Å². The maximum atomic E-state index is 12.8. The molecule has 0 bridgehead atoms. The number of aryl methyl sites for hydroxylation is 1. The van der Waals surface area contributed by atoms with E-state index in [1.165, 1.54) is 0 Å². The molecule has 0 N–H and O–H groups in total. The van der Waals surface area contributed by atoms with E-state index in [9.17, 15) is 9.59 Å². The monoisotopic (exact) mass is 371 g/mol. The first-order valence-electron chi connectivity index (χ1n) is 9.94. The molecule has 2 aromatic rings. The third kappa shape index (κ3) is 4.49. The van der Waals surface area contributed by atoms with E-state index in [1.807, 2.05) is 34.9 Å². The fraction of sp³-hybridized carbons (Fsp3) is 0.571. The number of hydrogen-bond donors (Lipinski definition) is 0. The number of carbonyl (C=O) groups is 2. The summed E-state index contributed by atoms with van der Waals surface area (Å²) in [6.07, 6.45) is 2.93. The Bertz CT molecular complexity index is 810. The van der Waals surface area contributed by atoms with E-state index in [4.69, 9.17) is 4.42 Å². The molecule has 0 atom stereocenters. The van der Waals surface area contributed by atoms with Crippen LogP contribution in [0.15, 0.2) is 22.6 Å². The van der Waals surface area contributed by atoms with Gasteiger partial charge in [-0.3, -0.25) is 9.59 Å². The lowest BCUT2D eigenvalue weighted by molar-refractivity contribution is -0.136. The van der Waals surface area contributed by atoms with Crippen LogP contribution in [0.5, 0.6) is 0 Å². The molecule has 27 heavy (non-hydrogen) atoms. The Morgan fingerprint density at radius 2 is 1.81 bits per heavy atom. The van der Waals surface area contributed by atoms with Crippen LogP contribution >= 0.6 is 0 Å². The summed E-state index contributed by atoms with van der Waals surface area (Å²) < 4.78 is 5.49. The van der Waals surface area contributed by atoms with Crippen LogP contribution in [0.2, 0.25) is 0 Å². The second-order valence-electron chi connectivity index (χ2n) is 7.28. The molecule has 0 radical (unpaired) electrons. The summed E-state index contributed by atoms with van der Waals surface area (Å²) in [5.74, 6) is 1.07. The summed E-state index contributed by atoms with van der Waals surface area (Å²) in [4.78, 5) is 33.5. The van der Waals surface area contributed by atoms with Gasteiger partial charge in [0.25, 0.3) is 0 Å². The number of rotatable bonds is 5. The van der Waals surface area contributed by atoms with Crippen molar-refractivity contribution < 1.29 is 14.0 Å². The Hall–Kier alpha value is -2.37. The van der Waals surface area contributed by atoms with Crippen molar-refractivity contribution in [1.29, 1.82) is 0 Å². The van der Waals surface area contributed by atoms with E-state index in [0.717, 1.165) is 42.5 Å². The lowest BCUT2D eigenvalue weighted by atomic mass is 10.0. The van der Waals surface area contributed by atoms with Crippen LogP contribution in [-0.2, 0) is 16.0 Å². The normalized spacial score (nSPS) is 15.4. The van der Waals surface area contributed by atoms with Gasteiger partial charge in [-0.1, -0.05) is 19.9 Å². The second-order valence-corrected chi connectivity index (χ2v) is 7.28. The zero-order chi connectivity index (χ0) is 19.4. The van der Waals surface area contributed by atoms with Gasteiger partial charge in [-0.05, 0) is 37.0 Å². The highest BCUT2D eigenvalue weighted by atomic mass is 16.3. The highest BCUT2D eigenvalue weighted by Crippen LogP contribution is 2.18. The largest absolute Gasteiger partial charge is 0.441 e. The SMILES string of the molecule is CCC(CC)C(=O)N1CCCN(C(=O)Cc2ccc3oc(C)nc3c2)CC1. The number of nitrogens with zero attached hydrogens (tertiary/aromatic N) is 3. The van der Waals surface area contributed by atoms with Crippen molar-refractivity contribution in [1.82, 2.24) is 14.8 Å². The van der Waals surface area contributed by atoms with Gasteiger partial charge in [-0.25, -0.2) is 4.98 Å². The molecular weight excluding hydrogens is 342 g/mol. The van der Waals surface area contributed by atoms with Gasteiger partial charge in [-0.15, -0.1) is 0 Å². The van der Waals surface area contributed by atoms with Crippen LogP contribution in [0.3, 0.4) is 0 Å². The van der Waals surface area contributed by atoms with Gasteiger partial charge in [-0.2, -0.15) is 0 Å². The molecule has 1 aliphatic heterocycles. The number of amides is 2.